The number of amides is 3. The van der Waals surface area contributed by atoms with Crippen LogP contribution in [-0.2, 0) is 9.53 Å². The molecule has 6 heteroatoms. The number of urea groups is 1. The second-order valence-corrected chi connectivity index (χ2v) is 5.50. The Morgan fingerprint density at radius 1 is 1.14 bits per heavy atom. The molecule has 22 heavy (non-hydrogen) atoms. The molecule has 1 aromatic carbocycles. The number of hydrogen-bond donors (Lipinski definition) is 3. The van der Waals surface area contributed by atoms with Gasteiger partial charge in [-0.25, -0.2) is 4.79 Å². The first kappa shape index (κ1) is 16.3. The summed E-state index contributed by atoms with van der Waals surface area (Å²) < 4.78 is 4.76. The Balaban J connectivity index is 1.86. The number of hydrogen-bond acceptors (Lipinski definition) is 3. The van der Waals surface area contributed by atoms with E-state index in [0.717, 1.165) is 12.8 Å². The summed E-state index contributed by atoms with van der Waals surface area (Å²) in [5.41, 5.74) is 1.26. The molecule has 0 bridgehead atoms. The molecule has 1 aromatic rings. The van der Waals surface area contributed by atoms with Gasteiger partial charge in [0.05, 0.1) is 0 Å². The van der Waals surface area contributed by atoms with Crippen molar-refractivity contribution in [3.63, 3.8) is 0 Å². The lowest BCUT2D eigenvalue weighted by Crippen LogP contribution is -2.39. The maximum absolute atomic E-state index is 12.0. The van der Waals surface area contributed by atoms with Gasteiger partial charge in [-0.2, -0.15) is 0 Å². The van der Waals surface area contributed by atoms with Gasteiger partial charge in [0.2, 0.25) is 5.91 Å². The van der Waals surface area contributed by atoms with Gasteiger partial charge < -0.3 is 20.7 Å². The molecule has 1 aliphatic rings. The lowest BCUT2D eigenvalue weighted by molar-refractivity contribution is -0.119. The molecule has 3 amide bonds. The van der Waals surface area contributed by atoms with Gasteiger partial charge in [0.1, 0.15) is 6.61 Å². The maximum Gasteiger partial charge on any atom is 0.319 e. The van der Waals surface area contributed by atoms with E-state index in [9.17, 15) is 9.59 Å². The summed E-state index contributed by atoms with van der Waals surface area (Å²) >= 11 is 0. The van der Waals surface area contributed by atoms with Gasteiger partial charge in [-0.3, -0.25) is 4.79 Å². The van der Waals surface area contributed by atoms with Gasteiger partial charge in [-0.1, -0.05) is 25.3 Å². The van der Waals surface area contributed by atoms with Crippen molar-refractivity contribution in [2.45, 2.75) is 38.1 Å². The molecule has 1 fully saturated rings. The van der Waals surface area contributed by atoms with Crippen molar-refractivity contribution in [3.8, 4) is 0 Å². The molecule has 1 aliphatic carbocycles. The van der Waals surface area contributed by atoms with Crippen LogP contribution in [0.3, 0.4) is 0 Å². The Bertz CT molecular complexity index is 513. The molecule has 2 rings (SSSR count). The Hall–Kier alpha value is -2.08. The minimum absolute atomic E-state index is 0.000176. The van der Waals surface area contributed by atoms with Crippen LogP contribution in [0, 0.1) is 0 Å². The summed E-state index contributed by atoms with van der Waals surface area (Å²) in [5, 5.41) is 8.49. The molecule has 1 saturated carbocycles. The lowest BCUT2D eigenvalue weighted by atomic mass is 9.96. The summed E-state index contributed by atoms with van der Waals surface area (Å²) in [6.07, 6.45) is 5.68. The number of ether oxygens (including phenoxy) is 1. The molecule has 0 saturated heterocycles. The lowest BCUT2D eigenvalue weighted by Gasteiger charge is -2.22. The van der Waals surface area contributed by atoms with E-state index in [2.05, 4.69) is 16.0 Å². The van der Waals surface area contributed by atoms with Gasteiger partial charge >= 0.3 is 6.03 Å². The van der Waals surface area contributed by atoms with Crippen LogP contribution in [0.25, 0.3) is 0 Å². The predicted molar refractivity (Wildman–Crippen MR) is 86.0 cm³/mol. The number of benzene rings is 1. The zero-order valence-electron chi connectivity index (χ0n) is 12.9. The SMILES string of the molecule is COCC(=O)Nc1cccc(NC(=O)NC2CCCCC2)c1. The van der Waals surface area contributed by atoms with E-state index < -0.39 is 0 Å². The number of methoxy groups -OCH3 is 1. The van der Waals surface area contributed by atoms with Crippen LogP contribution in [0.2, 0.25) is 0 Å². The standard InChI is InChI=1S/C16H23N3O3/c1-22-11-15(20)17-13-8-5-9-14(10-13)19-16(21)18-12-6-3-2-4-7-12/h5,8-10,12H,2-4,6-7,11H2,1H3,(H,17,20)(H2,18,19,21). The van der Waals surface area contributed by atoms with Gasteiger partial charge in [-0.15, -0.1) is 0 Å². The number of rotatable bonds is 5. The van der Waals surface area contributed by atoms with Crippen LogP contribution in [-0.4, -0.2) is 31.7 Å². The largest absolute Gasteiger partial charge is 0.375 e. The van der Waals surface area contributed by atoms with Gasteiger partial charge in [0, 0.05) is 24.5 Å². The molecule has 0 spiro atoms. The zero-order chi connectivity index (χ0) is 15.8. The third-order valence-corrected chi connectivity index (χ3v) is 3.62. The minimum atomic E-state index is -0.230. The van der Waals surface area contributed by atoms with E-state index in [-0.39, 0.29) is 24.6 Å². The Morgan fingerprint density at radius 2 is 1.82 bits per heavy atom. The first-order valence-corrected chi connectivity index (χ1v) is 7.64. The summed E-state index contributed by atoms with van der Waals surface area (Å²) in [6, 6.07) is 7.10. The highest BCUT2D eigenvalue weighted by Gasteiger charge is 2.15. The zero-order valence-corrected chi connectivity index (χ0v) is 12.9. The normalized spacial score (nSPS) is 15.1. The average molecular weight is 305 g/mol. The molecule has 0 heterocycles. The van der Waals surface area contributed by atoms with Gasteiger partial charge in [0.15, 0.2) is 0 Å². The third kappa shape index (κ3) is 5.37. The molecule has 0 atom stereocenters. The van der Waals surface area contributed by atoms with Gasteiger partial charge in [0.25, 0.3) is 0 Å². The fraction of sp³-hybridized carbons (Fsp3) is 0.500. The van der Waals surface area contributed by atoms with Crippen molar-refractivity contribution in [1.29, 1.82) is 0 Å². The predicted octanol–water partition coefficient (Wildman–Crippen LogP) is 2.73. The second kappa shape index (κ2) is 8.38. The summed E-state index contributed by atoms with van der Waals surface area (Å²) in [5.74, 6) is -0.230. The van der Waals surface area contributed by atoms with E-state index in [4.69, 9.17) is 4.74 Å². The van der Waals surface area contributed by atoms with Crippen molar-refractivity contribution in [1.82, 2.24) is 5.32 Å². The van der Waals surface area contributed by atoms with E-state index in [0.29, 0.717) is 11.4 Å². The van der Waals surface area contributed by atoms with Crippen LogP contribution < -0.4 is 16.0 Å². The maximum atomic E-state index is 12.0. The van der Waals surface area contributed by atoms with Crippen molar-refractivity contribution < 1.29 is 14.3 Å². The number of anilines is 2. The van der Waals surface area contributed by atoms with Crippen molar-refractivity contribution >= 4 is 23.3 Å². The highest BCUT2D eigenvalue weighted by Crippen LogP contribution is 2.18. The quantitative estimate of drug-likeness (QED) is 0.782. The third-order valence-electron chi connectivity index (χ3n) is 3.62. The van der Waals surface area contributed by atoms with E-state index in [1.807, 2.05) is 0 Å². The molecule has 0 aromatic heterocycles. The highest BCUT2D eigenvalue weighted by molar-refractivity contribution is 5.94. The molecule has 0 unspecified atom stereocenters. The number of carbonyl (C=O) groups is 2. The summed E-state index contributed by atoms with van der Waals surface area (Å²) in [4.78, 5) is 23.5. The molecule has 0 aliphatic heterocycles. The molecule has 120 valence electrons. The summed E-state index contributed by atoms with van der Waals surface area (Å²) in [6.45, 7) is -0.000176. The van der Waals surface area contributed by atoms with Crippen LogP contribution in [0.15, 0.2) is 24.3 Å². The summed E-state index contributed by atoms with van der Waals surface area (Å²) in [7, 11) is 1.47. The fourth-order valence-electron chi connectivity index (χ4n) is 2.60. The first-order valence-electron chi connectivity index (χ1n) is 7.64. The van der Waals surface area contributed by atoms with Crippen LogP contribution in [0.1, 0.15) is 32.1 Å². The molecule has 3 N–H and O–H groups in total. The molecular weight excluding hydrogens is 282 g/mol. The van der Waals surface area contributed by atoms with Crippen LogP contribution in [0.4, 0.5) is 16.2 Å². The first-order chi connectivity index (χ1) is 10.7. The van der Waals surface area contributed by atoms with Crippen molar-refractivity contribution in [3.05, 3.63) is 24.3 Å². The molecular formula is C16H23N3O3. The smallest absolute Gasteiger partial charge is 0.319 e. The second-order valence-electron chi connectivity index (χ2n) is 5.50. The van der Waals surface area contributed by atoms with Crippen LogP contribution >= 0.6 is 0 Å². The van der Waals surface area contributed by atoms with Gasteiger partial charge in [-0.05, 0) is 31.0 Å². The Morgan fingerprint density at radius 3 is 2.50 bits per heavy atom. The van der Waals surface area contributed by atoms with E-state index in [1.54, 1.807) is 24.3 Å². The van der Waals surface area contributed by atoms with Crippen LogP contribution in [0.5, 0.6) is 0 Å². The number of carbonyl (C=O) groups excluding carboxylic acids is 2. The van der Waals surface area contributed by atoms with E-state index >= 15 is 0 Å². The average Bonchev–Trinajstić information content (AvgIpc) is 2.48. The topological polar surface area (TPSA) is 79.5 Å². The number of nitrogens with one attached hydrogen (secondary N) is 3. The Kier molecular flexibility index (Phi) is 6.21. The highest BCUT2D eigenvalue weighted by atomic mass is 16.5. The monoisotopic (exact) mass is 305 g/mol. The Labute approximate surface area is 130 Å². The van der Waals surface area contributed by atoms with Crippen molar-refractivity contribution in [2.24, 2.45) is 0 Å². The molecule has 0 radical (unpaired) electrons. The fourth-order valence-corrected chi connectivity index (χ4v) is 2.60. The molecule has 6 nitrogen and oxygen atoms in total. The van der Waals surface area contributed by atoms with E-state index in [1.165, 1.54) is 26.4 Å². The van der Waals surface area contributed by atoms with Crippen molar-refractivity contribution in [2.75, 3.05) is 24.4 Å². The minimum Gasteiger partial charge on any atom is -0.375 e.